The number of nitrogens with one attached hydrogen (secondary N) is 1. The van der Waals surface area contributed by atoms with Crippen molar-refractivity contribution in [3.63, 3.8) is 0 Å². The molecule has 0 bridgehead atoms. The highest BCUT2D eigenvalue weighted by Crippen LogP contribution is 2.25. The SMILES string of the molecule is O=C(N[C@@H]1CCS(=O)(=O)C1)N1CCC(N2CCc3ccccc3C2)CC1. The van der Waals surface area contributed by atoms with E-state index in [1.807, 2.05) is 4.90 Å². The van der Waals surface area contributed by atoms with Gasteiger partial charge < -0.3 is 10.2 Å². The number of piperidine rings is 1. The first kappa shape index (κ1) is 17.8. The number of nitrogens with zero attached hydrogens (tertiary/aromatic N) is 2. The van der Waals surface area contributed by atoms with Gasteiger partial charge in [-0.1, -0.05) is 24.3 Å². The van der Waals surface area contributed by atoms with Crippen molar-refractivity contribution in [2.75, 3.05) is 31.1 Å². The van der Waals surface area contributed by atoms with Crippen molar-refractivity contribution in [3.8, 4) is 0 Å². The number of rotatable bonds is 2. The van der Waals surface area contributed by atoms with Crippen LogP contribution in [0.4, 0.5) is 4.79 Å². The number of hydrogen-bond acceptors (Lipinski definition) is 4. The van der Waals surface area contributed by atoms with Crippen molar-refractivity contribution < 1.29 is 13.2 Å². The predicted molar refractivity (Wildman–Crippen MR) is 101 cm³/mol. The van der Waals surface area contributed by atoms with Gasteiger partial charge in [0.15, 0.2) is 9.84 Å². The molecule has 2 amide bonds. The van der Waals surface area contributed by atoms with Crippen LogP contribution in [0, 0.1) is 0 Å². The molecule has 3 heterocycles. The normalized spacial score (nSPS) is 26.5. The zero-order valence-electron chi connectivity index (χ0n) is 15.1. The maximum absolute atomic E-state index is 12.4. The van der Waals surface area contributed by atoms with E-state index in [9.17, 15) is 13.2 Å². The van der Waals surface area contributed by atoms with Crippen LogP contribution in [-0.2, 0) is 22.8 Å². The van der Waals surface area contributed by atoms with Gasteiger partial charge in [-0.3, -0.25) is 4.90 Å². The summed E-state index contributed by atoms with van der Waals surface area (Å²) in [6.07, 6.45) is 3.61. The quantitative estimate of drug-likeness (QED) is 0.846. The van der Waals surface area contributed by atoms with E-state index in [4.69, 9.17) is 0 Å². The summed E-state index contributed by atoms with van der Waals surface area (Å²) in [4.78, 5) is 16.8. The van der Waals surface area contributed by atoms with Gasteiger partial charge in [0, 0.05) is 38.3 Å². The topological polar surface area (TPSA) is 69.7 Å². The second-order valence-corrected chi connectivity index (χ2v) is 9.99. The maximum atomic E-state index is 12.4. The van der Waals surface area contributed by atoms with E-state index < -0.39 is 9.84 Å². The molecule has 0 aliphatic carbocycles. The Balaban J connectivity index is 1.27. The minimum atomic E-state index is -2.96. The minimum absolute atomic E-state index is 0.0857. The van der Waals surface area contributed by atoms with Crippen molar-refractivity contribution in [3.05, 3.63) is 35.4 Å². The third kappa shape index (κ3) is 3.88. The van der Waals surface area contributed by atoms with Gasteiger partial charge in [-0.05, 0) is 36.8 Å². The third-order valence-corrected chi connectivity index (χ3v) is 7.76. The Bertz CT molecular complexity index is 772. The molecule has 0 saturated carbocycles. The molecule has 4 rings (SSSR count). The fraction of sp³-hybridized carbons (Fsp3) is 0.632. The van der Waals surface area contributed by atoms with Gasteiger partial charge in [-0.15, -0.1) is 0 Å². The van der Waals surface area contributed by atoms with E-state index in [-0.39, 0.29) is 23.6 Å². The second-order valence-electron chi connectivity index (χ2n) is 7.76. The summed E-state index contributed by atoms with van der Waals surface area (Å²) in [6.45, 7) is 3.59. The Morgan fingerprint density at radius 2 is 1.77 bits per heavy atom. The molecule has 1 atom stereocenters. The highest BCUT2D eigenvalue weighted by molar-refractivity contribution is 7.91. The van der Waals surface area contributed by atoms with Crippen LogP contribution in [0.5, 0.6) is 0 Å². The molecule has 3 aliphatic heterocycles. The van der Waals surface area contributed by atoms with Gasteiger partial charge in [0.2, 0.25) is 0 Å². The number of amides is 2. The number of fused-ring (bicyclic) bond motifs is 1. The van der Waals surface area contributed by atoms with E-state index in [0.29, 0.717) is 12.5 Å². The summed E-state index contributed by atoms with van der Waals surface area (Å²) in [5, 5.41) is 2.91. The van der Waals surface area contributed by atoms with Gasteiger partial charge in [0.1, 0.15) is 0 Å². The molecule has 1 aromatic rings. The van der Waals surface area contributed by atoms with E-state index in [2.05, 4.69) is 34.5 Å². The lowest BCUT2D eigenvalue weighted by Crippen LogP contribution is -2.52. The van der Waals surface area contributed by atoms with Crippen LogP contribution in [0.3, 0.4) is 0 Å². The summed E-state index contributed by atoms with van der Waals surface area (Å²) >= 11 is 0. The van der Waals surface area contributed by atoms with Gasteiger partial charge in [-0.25, -0.2) is 13.2 Å². The Hall–Kier alpha value is -1.60. The van der Waals surface area contributed by atoms with Gasteiger partial charge in [0.25, 0.3) is 0 Å². The molecule has 1 N–H and O–H groups in total. The molecule has 142 valence electrons. The molecular formula is C19H27N3O3S. The van der Waals surface area contributed by atoms with Crippen LogP contribution < -0.4 is 5.32 Å². The number of benzene rings is 1. The Morgan fingerprint density at radius 3 is 2.46 bits per heavy atom. The Kier molecular flexibility index (Phi) is 4.92. The smallest absolute Gasteiger partial charge is 0.317 e. The molecule has 6 nitrogen and oxygen atoms in total. The highest BCUT2D eigenvalue weighted by atomic mass is 32.2. The van der Waals surface area contributed by atoms with E-state index in [0.717, 1.165) is 45.4 Å². The third-order valence-electron chi connectivity index (χ3n) is 5.99. The van der Waals surface area contributed by atoms with Gasteiger partial charge in [0.05, 0.1) is 11.5 Å². The minimum Gasteiger partial charge on any atom is -0.334 e. The first-order valence-electron chi connectivity index (χ1n) is 9.57. The zero-order valence-corrected chi connectivity index (χ0v) is 15.9. The largest absolute Gasteiger partial charge is 0.334 e. The lowest BCUT2D eigenvalue weighted by Gasteiger charge is -2.40. The molecule has 0 aromatic heterocycles. The van der Waals surface area contributed by atoms with Crippen LogP contribution in [0.25, 0.3) is 0 Å². The molecule has 0 radical (unpaired) electrons. The lowest BCUT2D eigenvalue weighted by molar-refractivity contribution is 0.106. The molecule has 2 fully saturated rings. The van der Waals surface area contributed by atoms with Crippen molar-refractivity contribution in [1.82, 2.24) is 15.1 Å². The molecular weight excluding hydrogens is 350 g/mol. The van der Waals surface area contributed by atoms with Crippen LogP contribution in [-0.4, -0.2) is 67.5 Å². The first-order chi connectivity index (χ1) is 12.5. The van der Waals surface area contributed by atoms with Crippen LogP contribution in [0.2, 0.25) is 0 Å². The molecule has 3 aliphatic rings. The number of hydrogen-bond donors (Lipinski definition) is 1. The summed E-state index contributed by atoms with van der Waals surface area (Å²) < 4.78 is 23.1. The second kappa shape index (κ2) is 7.19. The summed E-state index contributed by atoms with van der Waals surface area (Å²) in [6, 6.07) is 8.88. The standard InChI is InChI=1S/C19H27N3O3S/c23-19(20-17-8-12-26(24,25)14-17)21-10-6-18(7-11-21)22-9-5-15-3-1-2-4-16(15)13-22/h1-4,17-18H,5-14H2,(H,20,23)/t17-/m1/s1. The monoisotopic (exact) mass is 377 g/mol. The fourth-order valence-electron chi connectivity index (χ4n) is 4.44. The predicted octanol–water partition coefficient (Wildman–Crippen LogP) is 1.41. The number of urea groups is 1. The number of carbonyl (C=O) groups is 1. The maximum Gasteiger partial charge on any atom is 0.317 e. The van der Waals surface area contributed by atoms with Gasteiger partial charge >= 0.3 is 6.03 Å². The average Bonchev–Trinajstić information content (AvgIpc) is 2.99. The van der Waals surface area contributed by atoms with Crippen molar-refractivity contribution >= 4 is 15.9 Å². The number of likely N-dealkylation sites (tertiary alicyclic amines) is 1. The van der Waals surface area contributed by atoms with E-state index in [1.165, 1.54) is 11.1 Å². The molecule has 7 heteroatoms. The Morgan fingerprint density at radius 1 is 1.04 bits per heavy atom. The Labute approximate surface area is 155 Å². The highest BCUT2D eigenvalue weighted by Gasteiger charge is 2.32. The van der Waals surface area contributed by atoms with E-state index in [1.54, 1.807) is 0 Å². The fourth-order valence-corrected chi connectivity index (χ4v) is 6.11. The molecule has 0 unspecified atom stereocenters. The average molecular weight is 378 g/mol. The first-order valence-corrected chi connectivity index (χ1v) is 11.4. The van der Waals surface area contributed by atoms with Crippen molar-refractivity contribution in [2.24, 2.45) is 0 Å². The molecule has 1 aromatic carbocycles. The van der Waals surface area contributed by atoms with Gasteiger partial charge in [-0.2, -0.15) is 0 Å². The van der Waals surface area contributed by atoms with Crippen LogP contribution >= 0.6 is 0 Å². The van der Waals surface area contributed by atoms with E-state index >= 15 is 0 Å². The number of sulfone groups is 1. The zero-order chi connectivity index (χ0) is 18.1. The molecule has 26 heavy (non-hydrogen) atoms. The lowest BCUT2D eigenvalue weighted by atomic mass is 9.95. The summed E-state index contributed by atoms with van der Waals surface area (Å²) in [5.41, 5.74) is 2.90. The van der Waals surface area contributed by atoms with Crippen LogP contribution in [0.1, 0.15) is 30.4 Å². The molecule has 0 spiro atoms. The molecule has 2 saturated heterocycles. The van der Waals surface area contributed by atoms with Crippen molar-refractivity contribution in [2.45, 2.75) is 44.3 Å². The number of carbonyl (C=O) groups excluding carboxylic acids is 1. The van der Waals surface area contributed by atoms with Crippen molar-refractivity contribution in [1.29, 1.82) is 0 Å². The summed E-state index contributed by atoms with van der Waals surface area (Å²) in [7, 11) is -2.96. The summed E-state index contributed by atoms with van der Waals surface area (Å²) in [5.74, 6) is 0.277. The van der Waals surface area contributed by atoms with Crippen LogP contribution in [0.15, 0.2) is 24.3 Å².